The molecule has 5 atom stereocenters. The summed E-state index contributed by atoms with van der Waals surface area (Å²) in [6.07, 6.45) is 7.61. The molecule has 3 N–H and O–H groups in total. The van der Waals surface area contributed by atoms with Gasteiger partial charge >= 0.3 is 13.5 Å². The zero-order chi connectivity index (χ0) is 23.6. The van der Waals surface area contributed by atoms with Gasteiger partial charge in [-0.25, -0.2) is 9.36 Å². The van der Waals surface area contributed by atoms with Crippen molar-refractivity contribution in [2.75, 3.05) is 33.0 Å². The van der Waals surface area contributed by atoms with Crippen molar-refractivity contribution in [1.82, 2.24) is 9.55 Å². The largest absolute Gasteiger partial charge is 0.472 e. The standard InChI is InChI=1S/C19H25N2O10P/c1-3-9-27-11-5-6-12-29-32(25,26)30-13-14-16(23)17(28-10-4-2)18(31-14)21-8-7-15(22)20-19(21)24/h1-2,7-8,14,16-18,23H,5-6,9-13H2,(H,25,26)(H,20,22,24)/t14-,16-,17-,18-/m1/s1. The second-order valence-corrected chi connectivity index (χ2v) is 8.07. The molecule has 13 heteroatoms. The molecule has 0 amide bonds. The van der Waals surface area contributed by atoms with Gasteiger partial charge in [0, 0.05) is 18.9 Å². The quantitative estimate of drug-likeness (QED) is 0.192. The lowest BCUT2D eigenvalue weighted by molar-refractivity contribution is -0.0677. The SMILES string of the molecule is C#CCOCCCCOP(=O)(O)OC[C@H]1O[C@@H](n2ccc(=O)[nH]c2=O)[C@H](OCC#C)[C@@H]1O. The van der Waals surface area contributed by atoms with Crippen LogP contribution in [0.25, 0.3) is 0 Å². The molecular weight excluding hydrogens is 447 g/mol. The van der Waals surface area contributed by atoms with Crippen molar-refractivity contribution in [2.45, 2.75) is 37.4 Å². The zero-order valence-corrected chi connectivity index (χ0v) is 18.0. The number of hydrogen-bond donors (Lipinski definition) is 3. The Morgan fingerprint density at radius 3 is 2.59 bits per heavy atom. The highest BCUT2D eigenvalue weighted by molar-refractivity contribution is 7.47. The predicted octanol–water partition coefficient (Wildman–Crippen LogP) is -0.623. The number of unbranched alkanes of at least 4 members (excludes halogenated alkanes) is 1. The van der Waals surface area contributed by atoms with Gasteiger partial charge in [0.1, 0.15) is 31.5 Å². The van der Waals surface area contributed by atoms with Gasteiger partial charge in [0.15, 0.2) is 6.23 Å². The van der Waals surface area contributed by atoms with Gasteiger partial charge in [-0.05, 0) is 12.8 Å². The van der Waals surface area contributed by atoms with Gasteiger partial charge < -0.3 is 24.2 Å². The molecule has 1 aromatic rings. The third kappa shape index (κ3) is 7.71. The van der Waals surface area contributed by atoms with E-state index in [2.05, 4.69) is 16.8 Å². The maximum absolute atomic E-state index is 12.1. The molecule has 1 unspecified atom stereocenters. The summed E-state index contributed by atoms with van der Waals surface area (Å²) < 4.78 is 39.0. The minimum absolute atomic E-state index is 0.0649. The number of phosphoric acid groups is 1. The normalized spacial score (nSPS) is 24.5. The smallest absolute Gasteiger partial charge is 0.387 e. The summed E-state index contributed by atoms with van der Waals surface area (Å²) in [6.45, 7) is -0.226. The zero-order valence-electron chi connectivity index (χ0n) is 17.1. The molecule has 32 heavy (non-hydrogen) atoms. The Labute approximate surface area is 184 Å². The molecule has 0 radical (unpaired) electrons. The summed E-state index contributed by atoms with van der Waals surface area (Å²) in [5.41, 5.74) is -1.42. The Bertz CT molecular complexity index is 978. The summed E-state index contributed by atoms with van der Waals surface area (Å²) >= 11 is 0. The van der Waals surface area contributed by atoms with Crippen LogP contribution in [0.15, 0.2) is 21.9 Å². The Balaban J connectivity index is 1.94. The van der Waals surface area contributed by atoms with Crippen molar-refractivity contribution in [3.63, 3.8) is 0 Å². The van der Waals surface area contributed by atoms with E-state index in [1.807, 2.05) is 0 Å². The number of rotatable bonds is 13. The van der Waals surface area contributed by atoms with Crippen LogP contribution in [-0.2, 0) is 27.8 Å². The van der Waals surface area contributed by atoms with E-state index in [0.29, 0.717) is 19.4 Å². The molecule has 2 rings (SSSR count). The number of H-pyrrole nitrogens is 1. The fraction of sp³-hybridized carbons (Fsp3) is 0.579. The highest BCUT2D eigenvalue weighted by Crippen LogP contribution is 2.44. The molecular formula is C19H25N2O10P. The third-order valence-corrected chi connectivity index (χ3v) is 5.31. The second-order valence-electron chi connectivity index (χ2n) is 6.61. The van der Waals surface area contributed by atoms with E-state index in [9.17, 15) is 24.2 Å². The van der Waals surface area contributed by atoms with Crippen LogP contribution in [0.2, 0.25) is 0 Å². The number of aromatic nitrogens is 2. The molecule has 176 valence electrons. The average Bonchev–Trinajstić information content (AvgIpc) is 3.05. The fourth-order valence-electron chi connectivity index (χ4n) is 2.85. The molecule has 1 aliphatic heterocycles. The van der Waals surface area contributed by atoms with Crippen LogP contribution in [0.1, 0.15) is 19.1 Å². The van der Waals surface area contributed by atoms with E-state index in [4.69, 9.17) is 36.1 Å². The van der Waals surface area contributed by atoms with Crippen LogP contribution in [0, 0.1) is 24.7 Å². The molecule has 2 heterocycles. The second kappa shape index (κ2) is 12.7. The molecule has 0 bridgehead atoms. The Hall–Kier alpha value is -2.25. The number of nitrogens with zero attached hydrogens (tertiary/aromatic N) is 1. The molecule has 0 aliphatic carbocycles. The monoisotopic (exact) mass is 472 g/mol. The van der Waals surface area contributed by atoms with E-state index in [-0.39, 0.29) is 19.8 Å². The summed E-state index contributed by atoms with van der Waals surface area (Å²) in [6, 6.07) is 1.09. The van der Waals surface area contributed by atoms with Crippen LogP contribution in [0.3, 0.4) is 0 Å². The number of ether oxygens (including phenoxy) is 3. The van der Waals surface area contributed by atoms with Crippen molar-refractivity contribution in [2.24, 2.45) is 0 Å². The van der Waals surface area contributed by atoms with Crippen LogP contribution < -0.4 is 11.2 Å². The molecule has 1 fully saturated rings. The fourth-order valence-corrected chi connectivity index (χ4v) is 3.62. The first-order valence-electron chi connectivity index (χ1n) is 9.62. The summed E-state index contributed by atoms with van der Waals surface area (Å²) in [7, 11) is -4.44. The maximum atomic E-state index is 12.1. The number of hydrogen-bond acceptors (Lipinski definition) is 9. The molecule has 12 nitrogen and oxygen atoms in total. The van der Waals surface area contributed by atoms with Gasteiger partial charge in [-0.3, -0.25) is 23.4 Å². The number of phosphoric ester groups is 1. The van der Waals surface area contributed by atoms with Gasteiger partial charge in [-0.2, -0.15) is 0 Å². The Morgan fingerprint density at radius 1 is 1.19 bits per heavy atom. The van der Waals surface area contributed by atoms with Crippen molar-refractivity contribution < 1.29 is 37.8 Å². The predicted molar refractivity (Wildman–Crippen MR) is 110 cm³/mol. The van der Waals surface area contributed by atoms with Crippen LogP contribution in [0.4, 0.5) is 0 Å². The first-order chi connectivity index (χ1) is 15.3. The first-order valence-corrected chi connectivity index (χ1v) is 11.1. The lowest BCUT2D eigenvalue weighted by Gasteiger charge is -2.21. The topological polar surface area (TPSA) is 159 Å². The summed E-state index contributed by atoms with van der Waals surface area (Å²) in [5.74, 6) is 4.56. The Morgan fingerprint density at radius 2 is 1.91 bits per heavy atom. The van der Waals surface area contributed by atoms with Crippen LogP contribution >= 0.6 is 7.82 Å². The van der Waals surface area contributed by atoms with Crippen LogP contribution in [0.5, 0.6) is 0 Å². The lowest BCUT2D eigenvalue weighted by atomic mass is 10.1. The number of nitrogens with one attached hydrogen (secondary N) is 1. The number of aliphatic hydroxyl groups is 1. The molecule has 1 aromatic heterocycles. The molecule has 1 aliphatic rings. The lowest BCUT2D eigenvalue weighted by Crippen LogP contribution is -2.39. The minimum atomic E-state index is -4.44. The first kappa shape index (κ1) is 26.0. The van der Waals surface area contributed by atoms with Crippen molar-refractivity contribution in [1.29, 1.82) is 0 Å². The van der Waals surface area contributed by atoms with Gasteiger partial charge in [0.05, 0.1) is 13.2 Å². The number of aliphatic hydroxyl groups excluding tert-OH is 1. The maximum Gasteiger partial charge on any atom is 0.472 e. The minimum Gasteiger partial charge on any atom is -0.387 e. The van der Waals surface area contributed by atoms with Gasteiger partial charge in [0.2, 0.25) is 0 Å². The van der Waals surface area contributed by atoms with Gasteiger partial charge in [-0.1, -0.05) is 11.8 Å². The Kier molecular flexibility index (Phi) is 10.3. The van der Waals surface area contributed by atoms with E-state index in [1.54, 1.807) is 0 Å². The number of aromatic amines is 1. The molecule has 0 aromatic carbocycles. The average molecular weight is 472 g/mol. The molecule has 0 saturated carbocycles. The van der Waals surface area contributed by atoms with Crippen molar-refractivity contribution in [3.8, 4) is 24.7 Å². The van der Waals surface area contributed by atoms with Crippen molar-refractivity contribution in [3.05, 3.63) is 33.1 Å². The third-order valence-electron chi connectivity index (χ3n) is 4.32. The highest BCUT2D eigenvalue weighted by Gasteiger charge is 2.46. The summed E-state index contributed by atoms with van der Waals surface area (Å²) in [4.78, 5) is 35.3. The molecule has 0 spiro atoms. The van der Waals surface area contributed by atoms with E-state index < -0.39 is 50.2 Å². The molecule has 1 saturated heterocycles. The van der Waals surface area contributed by atoms with Crippen molar-refractivity contribution >= 4 is 7.82 Å². The number of terminal acetylenes is 2. The van der Waals surface area contributed by atoms with Gasteiger partial charge in [0.25, 0.3) is 5.56 Å². The van der Waals surface area contributed by atoms with E-state index in [1.165, 1.54) is 6.20 Å². The van der Waals surface area contributed by atoms with Crippen LogP contribution in [-0.4, -0.2) is 70.9 Å². The summed E-state index contributed by atoms with van der Waals surface area (Å²) in [5, 5.41) is 10.5. The highest BCUT2D eigenvalue weighted by atomic mass is 31.2. The van der Waals surface area contributed by atoms with Gasteiger partial charge in [-0.15, -0.1) is 12.8 Å². The van der Waals surface area contributed by atoms with E-state index in [0.717, 1.165) is 10.6 Å². The van der Waals surface area contributed by atoms with E-state index >= 15 is 0 Å².